The van der Waals surface area contributed by atoms with Gasteiger partial charge in [-0.15, -0.1) is 0 Å². The number of aromatic nitrogens is 2. The molecule has 0 aromatic carbocycles. The van der Waals surface area contributed by atoms with E-state index in [2.05, 4.69) is 24.3 Å². The predicted octanol–water partition coefficient (Wildman–Crippen LogP) is 2.86. The maximum atomic E-state index is 5.73. The van der Waals surface area contributed by atoms with E-state index in [4.69, 9.17) is 9.51 Å². The standard InChI is InChI=1S/C16H25N3O/c1-10(2)16(5-6-17-9-16)15-18-14(19-20-15)13-8-11-3-4-12(13)7-11/h10-13,17H,3-9H2,1-2H3. The van der Waals surface area contributed by atoms with Gasteiger partial charge in [-0.2, -0.15) is 4.98 Å². The first-order chi connectivity index (χ1) is 9.69. The lowest BCUT2D eigenvalue weighted by Crippen LogP contribution is -2.35. The molecule has 4 unspecified atom stereocenters. The molecule has 1 saturated heterocycles. The van der Waals surface area contributed by atoms with Crippen LogP contribution in [-0.2, 0) is 5.41 Å². The van der Waals surface area contributed by atoms with Crippen LogP contribution in [0.3, 0.4) is 0 Å². The molecule has 1 aromatic heterocycles. The number of nitrogens with zero attached hydrogens (tertiary/aromatic N) is 2. The normalized spacial score (nSPS) is 40.0. The molecule has 110 valence electrons. The fraction of sp³-hybridized carbons (Fsp3) is 0.875. The highest BCUT2D eigenvalue weighted by Crippen LogP contribution is 2.52. The summed E-state index contributed by atoms with van der Waals surface area (Å²) in [6, 6.07) is 0. The Morgan fingerprint density at radius 1 is 1.30 bits per heavy atom. The molecule has 4 heteroatoms. The molecule has 2 bridgehead atoms. The molecule has 0 radical (unpaired) electrons. The molecule has 1 N–H and O–H groups in total. The van der Waals surface area contributed by atoms with E-state index in [1.807, 2.05) is 0 Å². The fourth-order valence-electron chi connectivity index (χ4n) is 4.78. The lowest BCUT2D eigenvalue weighted by atomic mass is 9.76. The van der Waals surface area contributed by atoms with Gasteiger partial charge >= 0.3 is 0 Å². The average Bonchev–Trinajstić information content (AvgIpc) is 3.21. The second-order valence-electron chi connectivity index (χ2n) is 7.48. The van der Waals surface area contributed by atoms with Crippen LogP contribution in [0.2, 0.25) is 0 Å². The Bertz CT molecular complexity index is 490. The smallest absolute Gasteiger partial charge is 0.234 e. The van der Waals surface area contributed by atoms with Crippen molar-refractivity contribution in [1.82, 2.24) is 15.5 Å². The Hall–Kier alpha value is -0.900. The minimum Gasteiger partial charge on any atom is -0.339 e. The quantitative estimate of drug-likeness (QED) is 0.921. The third-order valence-electron chi connectivity index (χ3n) is 6.23. The monoisotopic (exact) mass is 275 g/mol. The van der Waals surface area contributed by atoms with Crippen LogP contribution in [0.1, 0.15) is 63.6 Å². The summed E-state index contributed by atoms with van der Waals surface area (Å²) in [5.74, 6) is 4.74. The van der Waals surface area contributed by atoms with Gasteiger partial charge in [0, 0.05) is 12.5 Å². The van der Waals surface area contributed by atoms with Crippen LogP contribution in [-0.4, -0.2) is 23.2 Å². The van der Waals surface area contributed by atoms with Gasteiger partial charge in [-0.3, -0.25) is 0 Å². The van der Waals surface area contributed by atoms with E-state index in [-0.39, 0.29) is 5.41 Å². The highest BCUT2D eigenvalue weighted by molar-refractivity contribution is 5.14. The molecule has 2 aliphatic carbocycles. The summed E-state index contributed by atoms with van der Waals surface area (Å²) in [5.41, 5.74) is 0.0584. The van der Waals surface area contributed by atoms with E-state index < -0.39 is 0 Å². The molecule has 1 aromatic rings. The third kappa shape index (κ3) is 1.77. The van der Waals surface area contributed by atoms with Crippen LogP contribution >= 0.6 is 0 Å². The van der Waals surface area contributed by atoms with Gasteiger partial charge in [0.25, 0.3) is 0 Å². The van der Waals surface area contributed by atoms with Crippen molar-refractivity contribution in [2.75, 3.05) is 13.1 Å². The van der Waals surface area contributed by atoms with Gasteiger partial charge in [-0.1, -0.05) is 25.4 Å². The van der Waals surface area contributed by atoms with Gasteiger partial charge in [0.15, 0.2) is 5.82 Å². The average molecular weight is 275 g/mol. The number of fused-ring (bicyclic) bond motifs is 2. The van der Waals surface area contributed by atoms with E-state index in [1.165, 1.54) is 25.7 Å². The molecule has 4 nitrogen and oxygen atoms in total. The van der Waals surface area contributed by atoms with Gasteiger partial charge in [0.05, 0.1) is 5.41 Å². The number of rotatable bonds is 3. The zero-order chi connectivity index (χ0) is 13.7. The van der Waals surface area contributed by atoms with E-state index in [1.54, 1.807) is 0 Å². The van der Waals surface area contributed by atoms with Crippen LogP contribution in [0.4, 0.5) is 0 Å². The van der Waals surface area contributed by atoms with E-state index in [9.17, 15) is 0 Å². The summed E-state index contributed by atoms with van der Waals surface area (Å²) in [4.78, 5) is 4.87. The summed E-state index contributed by atoms with van der Waals surface area (Å²) in [5, 5.41) is 7.85. The minimum atomic E-state index is 0.0584. The molecule has 2 heterocycles. The first-order valence-electron chi connectivity index (χ1n) is 8.24. The highest BCUT2D eigenvalue weighted by Gasteiger charge is 2.46. The summed E-state index contributed by atoms with van der Waals surface area (Å²) >= 11 is 0. The van der Waals surface area contributed by atoms with Gasteiger partial charge in [0.2, 0.25) is 5.89 Å². The molecule has 1 aliphatic heterocycles. The molecule has 20 heavy (non-hydrogen) atoms. The predicted molar refractivity (Wildman–Crippen MR) is 76.5 cm³/mol. The van der Waals surface area contributed by atoms with Crippen molar-refractivity contribution < 1.29 is 4.52 Å². The lowest BCUT2D eigenvalue weighted by Gasteiger charge is -2.28. The van der Waals surface area contributed by atoms with Crippen molar-refractivity contribution in [3.05, 3.63) is 11.7 Å². The number of nitrogens with one attached hydrogen (secondary N) is 1. The lowest BCUT2D eigenvalue weighted by molar-refractivity contribution is 0.233. The van der Waals surface area contributed by atoms with Crippen molar-refractivity contribution in [3.63, 3.8) is 0 Å². The van der Waals surface area contributed by atoms with Crippen molar-refractivity contribution in [1.29, 1.82) is 0 Å². The van der Waals surface area contributed by atoms with Crippen LogP contribution in [0.5, 0.6) is 0 Å². The van der Waals surface area contributed by atoms with Crippen LogP contribution in [0, 0.1) is 17.8 Å². The molecule has 2 saturated carbocycles. The molecule has 4 rings (SSSR count). The molecule has 4 atom stereocenters. The van der Waals surface area contributed by atoms with Crippen molar-refractivity contribution in [3.8, 4) is 0 Å². The third-order valence-corrected chi connectivity index (χ3v) is 6.23. The van der Waals surface area contributed by atoms with E-state index in [0.29, 0.717) is 11.8 Å². The van der Waals surface area contributed by atoms with E-state index in [0.717, 1.165) is 43.1 Å². The summed E-state index contributed by atoms with van der Waals surface area (Å²) in [7, 11) is 0. The minimum absolute atomic E-state index is 0.0584. The fourth-order valence-corrected chi connectivity index (χ4v) is 4.78. The van der Waals surface area contributed by atoms with Gasteiger partial charge in [-0.05, 0) is 50.0 Å². The SMILES string of the molecule is CC(C)C1(c2nc(C3CC4CCC3C4)no2)CCNC1. The second-order valence-corrected chi connectivity index (χ2v) is 7.48. The molecular weight excluding hydrogens is 250 g/mol. The largest absolute Gasteiger partial charge is 0.339 e. The first-order valence-corrected chi connectivity index (χ1v) is 8.24. The Morgan fingerprint density at radius 2 is 2.20 bits per heavy atom. The van der Waals surface area contributed by atoms with Crippen molar-refractivity contribution >= 4 is 0 Å². The molecule has 3 aliphatic rings. The topological polar surface area (TPSA) is 51.0 Å². The molecule has 0 spiro atoms. The Labute approximate surface area is 120 Å². The number of hydrogen-bond acceptors (Lipinski definition) is 4. The van der Waals surface area contributed by atoms with Gasteiger partial charge in [-0.25, -0.2) is 0 Å². The Balaban J connectivity index is 1.61. The summed E-state index contributed by atoms with van der Waals surface area (Å²) in [6.07, 6.45) is 6.59. The van der Waals surface area contributed by atoms with Crippen LogP contribution in [0.25, 0.3) is 0 Å². The maximum Gasteiger partial charge on any atom is 0.234 e. The number of hydrogen-bond donors (Lipinski definition) is 1. The highest BCUT2D eigenvalue weighted by atomic mass is 16.5. The van der Waals surface area contributed by atoms with Gasteiger partial charge < -0.3 is 9.84 Å². The van der Waals surface area contributed by atoms with Gasteiger partial charge in [0.1, 0.15) is 0 Å². The second kappa shape index (κ2) is 4.55. The zero-order valence-electron chi connectivity index (χ0n) is 12.6. The van der Waals surface area contributed by atoms with Crippen LogP contribution < -0.4 is 5.32 Å². The van der Waals surface area contributed by atoms with Crippen LogP contribution in [0.15, 0.2) is 4.52 Å². The van der Waals surface area contributed by atoms with Crippen molar-refractivity contribution in [2.24, 2.45) is 17.8 Å². The summed E-state index contributed by atoms with van der Waals surface area (Å²) in [6.45, 7) is 6.58. The zero-order valence-corrected chi connectivity index (χ0v) is 12.6. The Kier molecular flexibility index (Phi) is 2.92. The first kappa shape index (κ1) is 12.8. The molecule has 3 fully saturated rings. The van der Waals surface area contributed by atoms with E-state index >= 15 is 0 Å². The Morgan fingerprint density at radius 3 is 2.80 bits per heavy atom. The summed E-state index contributed by atoms with van der Waals surface area (Å²) < 4.78 is 5.73. The molecule has 0 amide bonds. The molecular formula is C16H25N3O. The van der Waals surface area contributed by atoms with Crippen molar-refractivity contribution in [2.45, 2.75) is 57.3 Å². The maximum absolute atomic E-state index is 5.73.